The van der Waals surface area contributed by atoms with Gasteiger partial charge >= 0.3 is 17.1 Å². The second-order valence-corrected chi connectivity index (χ2v) is 16.1. The topological polar surface area (TPSA) is 0 Å². The van der Waals surface area contributed by atoms with Gasteiger partial charge < -0.3 is 75.0 Å². The molecule has 0 amide bonds. The summed E-state index contributed by atoms with van der Waals surface area (Å²) < 4.78 is 0. The van der Waals surface area contributed by atoms with Crippen LogP contribution in [-0.2, 0) is 17.1 Å². The van der Waals surface area contributed by atoms with E-state index in [1.165, 1.54) is 36.3 Å². The molecular weight excluding hydrogens is 478 g/mol. The molecule has 2 fully saturated rings. The van der Waals surface area contributed by atoms with E-state index in [0.717, 1.165) is 46.3 Å². The van der Waals surface area contributed by atoms with Crippen molar-refractivity contribution in [3.05, 3.63) is 48.5 Å². The largest absolute Gasteiger partial charge is 2.00 e. The summed E-state index contributed by atoms with van der Waals surface area (Å²) in [4.78, 5) is 0. The van der Waals surface area contributed by atoms with Crippen LogP contribution in [0.1, 0.15) is 81.1 Å². The van der Waals surface area contributed by atoms with Gasteiger partial charge in [0.25, 0.3) is 0 Å². The quantitative estimate of drug-likeness (QED) is 0.217. The summed E-state index contributed by atoms with van der Waals surface area (Å²) in [7, 11) is -0.165. The van der Waals surface area contributed by atoms with Crippen LogP contribution < -0.4 is 10.6 Å². The minimum atomic E-state index is -0.0826. The molecule has 0 nitrogen and oxygen atoms in total. The van der Waals surface area contributed by atoms with E-state index in [9.17, 15) is 0 Å². The Morgan fingerprint density at radius 3 is 0.879 bits per heavy atom. The fourth-order valence-electron chi connectivity index (χ4n) is 5.70. The zero-order valence-corrected chi connectivity index (χ0v) is 24.6. The molecule has 0 N–H and O–H groups in total. The fraction of sp³-hybridized carbons (Fsp3) is 0.667. The summed E-state index contributed by atoms with van der Waals surface area (Å²) in [5, 5.41) is 2.59. The zero-order valence-electron chi connectivity index (χ0n) is 21.7. The third-order valence-corrected chi connectivity index (χ3v) is 15.1. The van der Waals surface area contributed by atoms with Crippen LogP contribution in [0.2, 0.25) is 0 Å². The van der Waals surface area contributed by atoms with E-state index in [-0.39, 0.29) is 32.9 Å². The summed E-state index contributed by atoms with van der Waals surface area (Å²) in [6.45, 7) is 18.9. The molecule has 0 aliphatic carbocycles. The van der Waals surface area contributed by atoms with Gasteiger partial charge in [-0.25, -0.2) is 0 Å². The van der Waals surface area contributed by atoms with Crippen LogP contribution >= 0.6 is 15.8 Å². The first-order valence-corrected chi connectivity index (χ1v) is 15.5. The maximum absolute atomic E-state index is 3.24. The first kappa shape index (κ1) is 29.3. The average Bonchev–Trinajstić information content (AvgIpc) is 3.54. The third-order valence-electron chi connectivity index (χ3n) is 7.39. The van der Waals surface area contributed by atoms with Crippen molar-refractivity contribution in [1.82, 2.24) is 0 Å². The van der Waals surface area contributed by atoms with Crippen LogP contribution in [-0.4, -0.2) is 22.6 Å². The molecule has 0 bridgehead atoms. The Labute approximate surface area is 218 Å². The van der Waals surface area contributed by atoms with Gasteiger partial charge in [-0.15, -0.1) is 0 Å². The molecule has 33 heavy (non-hydrogen) atoms. The van der Waals surface area contributed by atoms with Crippen LogP contribution in [0.3, 0.4) is 0 Å². The normalized spacial score (nSPS) is 26.3. The van der Waals surface area contributed by atoms with Crippen LogP contribution in [0.4, 0.5) is 0 Å². The van der Waals surface area contributed by atoms with Crippen LogP contribution in [0.15, 0.2) is 0 Å². The predicted molar refractivity (Wildman–Crippen MR) is 141 cm³/mol. The zero-order chi connectivity index (χ0) is 23.4. The van der Waals surface area contributed by atoms with Gasteiger partial charge in [0.05, 0.1) is 0 Å². The molecule has 3 heteroatoms. The van der Waals surface area contributed by atoms with Crippen molar-refractivity contribution in [3.63, 3.8) is 0 Å². The predicted octanol–water partition coefficient (Wildman–Crippen LogP) is 7.11. The molecule has 0 saturated carbocycles. The van der Waals surface area contributed by atoms with Crippen LogP contribution in [0, 0.1) is 72.2 Å². The second-order valence-electron chi connectivity index (χ2n) is 10.9. The standard InChI is InChI=1S/2C15H20P.Fe/c2*1-11(2)14-9-10-15(12(3)4)16(14)13-7-5-6-8-13;/h2*11-12,14-15H,9-10H2,1-4H3;/q2*-5;+2/t2*14-,15-;/m00./s1. The van der Waals surface area contributed by atoms with Gasteiger partial charge in [0.2, 0.25) is 0 Å². The smallest absolute Gasteiger partial charge is 0.998 e. The Bertz CT molecular complexity index is 661. The van der Waals surface area contributed by atoms with E-state index in [2.05, 4.69) is 104 Å². The molecule has 4 atom stereocenters. The Morgan fingerprint density at radius 2 is 0.697 bits per heavy atom. The molecule has 2 aliphatic heterocycles. The van der Waals surface area contributed by atoms with Crippen molar-refractivity contribution in [1.29, 1.82) is 0 Å². The van der Waals surface area contributed by atoms with E-state index < -0.39 is 0 Å². The minimum Gasteiger partial charge on any atom is -0.998 e. The molecule has 2 aliphatic rings. The van der Waals surface area contributed by atoms with E-state index in [4.69, 9.17) is 0 Å². The minimum absolute atomic E-state index is 0. The molecule has 2 saturated heterocycles. The maximum Gasteiger partial charge on any atom is 2.00 e. The van der Waals surface area contributed by atoms with Crippen molar-refractivity contribution in [3.8, 4) is 0 Å². The van der Waals surface area contributed by atoms with E-state index in [0.29, 0.717) is 0 Å². The van der Waals surface area contributed by atoms with Gasteiger partial charge in [0.15, 0.2) is 0 Å². The molecule has 2 aromatic carbocycles. The van der Waals surface area contributed by atoms with Gasteiger partial charge in [0.1, 0.15) is 0 Å². The summed E-state index contributed by atoms with van der Waals surface area (Å²) in [6, 6.07) is 24.7. The maximum atomic E-state index is 3.24. The van der Waals surface area contributed by atoms with Gasteiger partial charge in [0, 0.05) is 0 Å². The van der Waals surface area contributed by atoms with Gasteiger partial charge in [-0.3, -0.25) is 0 Å². The van der Waals surface area contributed by atoms with Crippen LogP contribution in [0.25, 0.3) is 0 Å². The Kier molecular flexibility index (Phi) is 11.9. The molecule has 0 unspecified atom stereocenters. The first-order valence-electron chi connectivity index (χ1n) is 12.6. The van der Waals surface area contributed by atoms with Crippen molar-refractivity contribution < 1.29 is 17.1 Å². The first-order chi connectivity index (χ1) is 15.2. The van der Waals surface area contributed by atoms with Crippen molar-refractivity contribution in [2.75, 3.05) is 0 Å². The molecular formula is C30H40FeP2-8. The van der Waals surface area contributed by atoms with Gasteiger partial charge in [-0.1, -0.05) is 55.4 Å². The van der Waals surface area contributed by atoms with Crippen LogP contribution in [0.5, 0.6) is 0 Å². The van der Waals surface area contributed by atoms with Gasteiger partial charge in [-0.2, -0.15) is 0 Å². The summed E-state index contributed by atoms with van der Waals surface area (Å²) >= 11 is 0. The Balaban J connectivity index is 0.000000227. The summed E-state index contributed by atoms with van der Waals surface area (Å²) in [5.74, 6) is 3.14. The van der Waals surface area contributed by atoms with E-state index in [1.807, 2.05) is 0 Å². The molecule has 0 radical (unpaired) electrons. The Hall–Kier alpha value is 0.0795. The monoisotopic (exact) mass is 518 g/mol. The second kappa shape index (κ2) is 13.4. The summed E-state index contributed by atoms with van der Waals surface area (Å²) in [5.41, 5.74) is 3.44. The molecule has 2 aromatic rings. The molecule has 186 valence electrons. The van der Waals surface area contributed by atoms with E-state index in [1.54, 1.807) is 0 Å². The van der Waals surface area contributed by atoms with Gasteiger partial charge in [-0.05, 0) is 72.0 Å². The Morgan fingerprint density at radius 1 is 0.485 bits per heavy atom. The summed E-state index contributed by atoms with van der Waals surface area (Å²) in [6.07, 6.45) is 5.55. The van der Waals surface area contributed by atoms with Crippen molar-refractivity contribution in [2.24, 2.45) is 23.7 Å². The molecule has 0 spiro atoms. The number of hydrogen-bond donors (Lipinski definition) is 0. The molecule has 2 heterocycles. The fourth-order valence-corrected chi connectivity index (χ4v) is 13.0. The SMILES string of the molecule is CC(C)[C@@H]1CC[C@@H](C(C)C)P1[c-]1[c-][c-][c-][c-]1.CC(C)[C@@H]1CC[C@@H](C(C)C)P1[c-]1[c-][c-][c-][c-]1.[Fe+2]. The third kappa shape index (κ3) is 7.07. The number of rotatable bonds is 6. The molecule has 0 aromatic heterocycles. The number of hydrogen-bond acceptors (Lipinski definition) is 0. The van der Waals surface area contributed by atoms with Crippen molar-refractivity contribution >= 4 is 26.5 Å². The van der Waals surface area contributed by atoms with E-state index >= 15 is 0 Å². The van der Waals surface area contributed by atoms with Crippen molar-refractivity contribution in [2.45, 2.75) is 104 Å². The average molecular weight is 518 g/mol. The molecule has 4 rings (SSSR count).